The molecule has 0 aliphatic carbocycles. The highest BCUT2D eigenvalue weighted by Crippen LogP contribution is 2.21. The molecule has 146 valence electrons. The first-order valence-electron chi connectivity index (χ1n) is 9.01. The Morgan fingerprint density at radius 2 is 2.04 bits per heavy atom. The van der Waals surface area contributed by atoms with Crippen molar-refractivity contribution < 1.29 is 13.3 Å². The molecule has 0 amide bonds. The molecule has 1 saturated heterocycles. The number of aromatic nitrogens is 2. The first-order valence-corrected chi connectivity index (χ1v) is 9.01. The van der Waals surface area contributed by atoms with Gasteiger partial charge in [-0.1, -0.05) is 5.16 Å². The van der Waals surface area contributed by atoms with E-state index in [9.17, 15) is 8.78 Å². The normalized spacial score (nSPS) is 15.3. The zero-order valence-corrected chi connectivity index (χ0v) is 15.6. The predicted molar refractivity (Wildman–Crippen MR) is 98.9 cm³/mol. The van der Waals surface area contributed by atoms with Gasteiger partial charge in [-0.2, -0.15) is 4.98 Å². The number of halogens is 2. The van der Waals surface area contributed by atoms with Crippen molar-refractivity contribution in [3.05, 3.63) is 41.5 Å². The highest BCUT2D eigenvalue weighted by atomic mass is 19.1. The Kier molecular flexibility index (Phi) is 6.20. The monoisotopic (exact) mass is 378 g/mol. The van der Waals surface area contributed by atoms with Gasteiger partial charge in [0.05, 0.1) is 5.69 Å². The fourth-order valence-corrected chi connectivity index (χ4v) is 3.10. The van der Waals surface area contributed by atoms with E-state index >= 15 is 0 Å². The summed E-state index contributed by atoms with van der Waals surface area (Å²) in [5.74, 6) is 1.25. The number of hydrogen-bond acceptors (Lipinski definition) is 5. The van der Waals surface area contributed by atoms with Crippen LogP contribution < -0.4 is 10.2 Å². The maximum atomic E-state index is 13.9. The number of nitrogens with one attached hydrogen (secondary N) is 1. The van der Waals surface area contributed by atoms with Crippen LogP contribution in [0.5, 0.6) is 0 Å². The van der Waals surface area contributed by atoms with Crippen molar-refractivity contribution in [2.24, 2.45) is 4.99 Å². The summed E-state index contributed by atoms with van der Waals surface area (Å²) in [4.78, 5) is 12.5. The molecule has 1 aromatic carbocycles. The Hall–Kier alpha value is -2.71. The zero-order chi connectivity index (χ0) is 19.2. The third-order valence-corrected chi connectivity index (χ3v) is 4.46. The summed E-state index contributed by atoms with van der Waals surface area (Å²) in [7, 11) is 1.74. The fourth-order valence-electron chi connectivity index (χ4n) is 3.10. The Bertz CT molecular complexity index is 786. The van der Waals surface area contributed by atoms with Crippen molar-refractivity contribution in [3.8, 4) is 0 Å². The predicted octanol–water partition coefficient (Wildman–Crippen LogP) is 1.99. The van der Waals surface area contributed by atoms with Gasteiger partial charge in [0.15, 0.2) is 11.8 Å². The van der Waals surface area contributed by atoms with Crippen LogP contribution in [0.3, 0.4) is 0 Å². The number of anilines is 1. The van der Waals surface area contributed by atoms with Gasteiger partial charge in [0.25, 0.3) is 0 Å². The molecule has 0 radical (unpaired) electrons. The van der Waals surface area contributed by atoms with Gasteiger partial charge in [-0.25, -0.2) is 8.78 Å². The van der Waals surface area contributed by atoms with Crippen molar-refractivity contribution in [2.75, 3.05) is 44.7 Å². The molecule has 7 nitrogen and oxygen atoms in total. The van der Waals surface area contributed by atoms with E-state index in [0.717, 1.165) is 25.0 Å². The van der Waals surface area contributed by atoms with Crippen molar-refractivity contribution in [3.63, 3.8) is 0 Å². The molecule has 27 heavy (non-hydrogen) atoms. The molecule has 1 aromatic heterocycles. The van der Waals surface area contributed by atoms with Crippen LogP contribution in [0, 0.1) is 18.6 Å². The average molecular weight is 378 g/mol. The highest BCUT2D eigenvalue weighted by molar-refractivity contribution is 5.80. The highest BCUT2D eigenvalue weighted by Gasteiger charge is 2.22. The van der Waals surface area contributed by atoms with Crippen LogP contribution in [0.25, 0.3) is 0 Å². The number of piperazine rings is 1. The van der Waals surface area contributed by atoms with E-state index in [1.807, 2.05) is 4.90 Å². The van der Waals surface area contributed by atoms with Crippen LogP contribution in [0.2, 0.25) is 0 Å². The number of nitrogens with zero attached hydrogens (tertiary/aromatic N) is 5. The summed E-state index contributed by atoms with van der Waals surface area (Å²) in [5, 5.41) is 7.10. The van der Waals surface area contributed by atoms with Gasteiger partial charge in [0.2, 0.25) is 5.89 Å². The molecular formula is C18H24F2N6O. The average Bonchev–Trinajstić information content (AvgIpc) is 3.09. The van der Waals surface area contributed by atoms with Crippen LogP contribution in [-0.2, 0) is 6.42 Å². The minimum absolute atomic E-state index is 0.312. The lowest BCUT2D eigenvalue weighted by Gasteiger charge is -2.37. The number of aliphatic imine (C=N–C) groups is 1. The summed E-state index contributed by atoms with van der Waals surface area (Å²) in [6.07, 6.45) is 1.55. The smallest absolute Gasteiger partial charge is 0.226 e. The molecule has 0 spiro atoms. The first-order chi connectivity index (χ1) is 13.1. The molecule has 3 rings (SSSR count). The van der Waals surface area contributed by atoms with Gasteiger partial charge in [-0.05, 0) is 25.5 Å². The minimum Gasteiger partial charge on any atom is -0.366 e. The summed E-state index contributed by atoms with van der Waals surface area (Å²) < 4.78 is 32.5. The number of hydrogen-bond donors (Lipinski definition) is 1. The van der Waals surface area contributed by atoms with Gasteiger partial charge < -0.3 is 19.6 Å². The lowest BCUT2D eigenvalue weighted by molar-refractivity contribution is 0.364. The van der Waals surface area contributed by atoms with E-state index in [1.165, 1.54) is 12.1 Å². The number of guanidine groups is 1. The lowest BCUT2D eigenvalue weighted by Crippen LogP contribution is -2.52. The minimum atomic E-state index is -0.428. The van der Waals surface area contributed by atoms with E-state index in [1.54, 1.807) is 14.0 Å². The fraction of sp³-hybridized carbons (Fsp3) is 0.500. The molecule has 0 saturated carbocycles. The molecule has 2 aromatic rings. The van der Waals surface area contributed by atoms with Gasteiger partial charge in [-0.15, -0.1) is 0 Å². The number of rotatable bonds is 5. The molecule has 1 aliphatic rings. The zero-order valence-electron chi connectivity index (χ0n) is 15.6. The lowest BCUT2D eigenvalue weighted by atomic mass is 10.2. The van der Waals surface area contributed by atoms with Crippen molar-refractivity contribution in [1.82, 2.24) is 20.4 Å². The summed E-state index contributed by atoms with van der Waals surface area (Å²) in [6, 6.07) is 3.55. The summed E-state index contributed by atoms with van der Waals surface area (Å²) in [6.45, 7) is 5.08. The van der Waals surface area contributed by atoms with E-state index in [2.05, 4.69) is 25.3 Å². The Morgan fingerprint density at radius 1 is 1.26 bits per heavy atom. The molecule has 1 N–H and O–H groups in total. The van der Waals surface area contributed by atoms with E-state index in [0.29, 0.717) is 50.0 Å². The van der Waals surface area contributed by atoms with Gasteiger partial charge in [-0.3, -0.25) is 4.99 Å². The maximum Gasteiger partial charge on any atom is 0.226 e. The molecule has 0 bridgehead atoms. The topological polar surface area (TPSA) is 69.8 Å². The van der Waals surface area contributed by atoms with E-state index < -0.39 is 11.6 Å². The second-order valence-electron chi connectivity index (χ2n) is 6.38. The number of aryl methyl sites for hydroxylation is 2. The molecule has 0 atom stereocenters. The summed E-state index contributed by atoms with van der Waals surface area (Å²) in [5.41, 5.74) is 0.312. The Morgan fingerprint density at radius 3 is 2.70 bits per heavy atom. The van der Waals surface area contributed by atoms with Crippen LogP contribution in [0.15, 0.2) is 27.7 Å². The van der Waals surface area contributed by atoms with Gasteiger partial charge in [0, 0.05) is 52.3 Å². The van der Waals surface area contributed by atoms with E-state index in [4.69, 9.17) is 4.52 Å². The third-order valence-electron chi connectivity index (χ3n) is 4.46. The molecule has 0 unspecified atom stereocenters. The molecular weight excluding hydrogens is 354 g/mol. The molecule has 1 aliphatic heterocycles. The first kappa shape index (κ1) is 19.1. The quantitative estimate of drug-likeness (QED) is 0.488. The Labute approximate surface area is 157 Å². The van der Waals surface area contributed by atoms with Crippen LogP contribution in [-0.4, -0.2) is 60.8 Å². The van der Waals surface area contributed by atoms with Crippen molar-refractivity contribution in [2.45, 2.75) is 19.8 Å². The molecule has 1 fully saturated rings. The maximum absolute atomic E-state index is 13.9. The molecule has 9 heteroatoms. The van der Waals surface area contributed by atoms with Gasteiger partial charge >= 0.3 is 0 Å². The van der Waals surface area contributed by atoms with E-state index in [-0.39, 0.29) is 0 Å². The van der Waals surface area contributed by atoms with Crippen LogP contribution >= 0.6 is 0 Å². The SMILES string of the molecule is CN=C(NCCCc1nc(C)no1)N1CCN(c2cc(F)ccc2F)CC1. The largest absolute Gasteiger partial charge is 0.366 e. The van der Waals surface area contributed by atoms with Gasteiger partial charge in [0.1, 0.15) is 11.6 Å². The second-order valence-corrected chi connectivity index (χ2v) is 6.38. The van der Waals surface area contributed by atoms with Crippen LogP contribution in [0.4, 0.5) is 14.5 Å². The van der Waals surface area contributed by atoms with Crippen molar-refractivity contribution in [1.29, 1.82) is 0 Å². The standard InChI is InChI=1S/C18H24F2N6O/c1-13-23-17(27-24-13)4-3-7-22-18(21-2)26-10-8-25(9-11-26)16-12-14(19)5-6-15(16)20/h5-6,12H,3-4,7-11H2,1-2H3,(H,21,22). The molecule has 2 heterocycles. The summed E-state index contributed by atoms with van der Waals surface area (Å²) >= 11 is 0. The second kappa shape index (κ2) is 8.79. The van der Waals surface area contributed by atoms with Crippen LogP contribution in [0.1, 0.15) is 18.1 Å². The Balaban J connectivity index is 1.46. The number of benzene rings is 1. The third kappa shape index (κ3) is 4.93. The van der Waals surface area contributed by atoms with Crippen molar-refractivity contribution >= 4 is 11.6 Å².